The zero-order valence-corrected chi connectivity index (χ0v) is 11.6. The number of rotatable bonds is 5. The molecule has 0 aromatic heterocycles. The quantitative estimate of drug-likeness (QED) is 0.801. The lowest BCUT2D eigenvalue weighted by Crippen LogP contribution is -2.43. The van der Waals surface area contributed by atoms with E-state index in [1.807, 2.05) is 25.1 Å². The summed E-state index contributed by atoms with van der Waals surface area (Å²) >= 11 is 0. The molecule has 0 spiro atoms. The molecule has 1 aliphatic heterocycles. The van der Waals surface area contributed by atoms with Gasteiger partial charge in [-0.3, -0.25) is 4.90 Å². The van der Waals surface area contributed by atoms with Gasteiger partial charge in [0.25, 0.3) is 0 Å². The average Bonchev–Trinajstić information content (AvgIpc) is 2.41. The molecule has 18 heavy (non-hydrogen) atoms. The second-order valence-electron chi connectivity index (χ2n) is 4.56. The van der Waals surface area contributed by atoms with Crippen LogP contribution in [0.3, 0.4) is 0 Å². The van der Waals surface area contributed by atoms with Crippen molar-refractivity contribution >= 4 is 0 Å². The molecule has 0 fully saturated rings. The molecule has 0 bridgehead atoms. The second kappa shape index (κ2) is 6.10. The Kier molecular flexibility index (Phi) is 4.48. The molecule has 1 heterocycles. The van der Waals surface area contributed by atoms with Crippen molar-refractivity contribution in [1.29, 1.82) is 0 Å². The molecule has 1 atom stereocenters. The third-order valence-electron chi connectivity index (χ3n) is 3.59. The number of nitrogens with zero attached hydrogens (tertiary/aromatic N) is 1. The molecule has 2 rings (SSSR count). The number of ether oxygens (including phenoxy) is 2. The average molecular weight is 249 g/mol. The summed E-state index contributed by atoms with van der Waals surface area (Å²) in [4.78, 5) is 2.45. The minimum atomic E-state index is 0.467. The van der Waals surface area contributed by atoms with E-state index in [2.05, 4.69) is 18.7 Å². The summed E-state index contributed by atoms with van der Waals surface area (Å²) in [6, 6.07) is 6.54. The van der Waals surface area contributed by atoms with Gasteiger partial charge >= 0.3 is 0 Å². The van der Waals surface area contributed by atoms with Crippen LogP contribution in [-0.4, -0.2) is 37.2 Å². The third-order valence-corrected chi connectivity index (χ3v) is 3.59. The van der Waals surface area contributed by atoms with Gasteiger partial charge in [-0.25, -0.2) is 0 Å². The molecule has 0 radical (unpaired) electrons. The summed E-state index contributed by atoms with van der Waals surface area (Å²) in [6.07, 6.45) is 1.02. The van der Waals surface area contributed by atoms with Crippen LogP contribution in [0.4, 0.5) is 0 Å². The van der Waals surface area contributed by atoms with Gasteiger partial charge in [0.2, 0.25) is 0 Å². The van der Waals surface area contributed by atoms with Crippen molar-refractivity contribution in [2.75, 3.05) is 26.3 Å². The monoisotopic (exact) mass is 249 g/mol. The van der Waals surface area contributed by atoms with Crippen LogP contribution in [0.2, 0.25) is 0 Å². The van der Waals surface area contributed by atoms with E-state index in [1.54, 1.807) is 0 Å². The number of benzene rings is 1. The molecule has 0 amide bonds. The fourth-order valence-electron chi connectivity index (χ4n) is 2.63. The van der Waals surface area contributed by atoms with Gasteiger partial charge < -0.3 is 9.47 Å². The topological polar surface area (TPSA) is 21.7 Å². The molecule has 1 unspecified atom stereocenters. The van der Waals surface area contributed by atoms with Gasteiger partial charge in [0.15, 0.2) is 0 Å². The van der Waals surface area contributed by atoms with Gasteiger partial charge in [0.05, 0.1) is 6.61 Å². The first-order chi connectivity index (χ1) is 8.80. The van der Waals surface area contributed by atoms with Crippen LogP contribution in [0.5, 0.6) is 11.5 Å². The maximum atomic E-state index is 5.89. The van der Waals surface area contributed by atoms with Crippen molar-refractivity contribution < 1.29 is 9.47 Å². The van der Waals surface area contributed by atoms with Gasteiger partial charge in [0, 0.05) is 11.6 Å². The van der Waals surface area contributed by atoms with Crippen molar-refractivity contribution in [2.24, 2.45) is 0 Å². The first-order valence-corrected chi connectivity index (χ1v) is 6.91. The predicted molar refractivity (Wildman–Crippen MR) is 73.5 cm³/mol. The highest BCUT2D eigenvalue weighted by atomic mass is 16.5. The summed E-state index contributed by atoms with van der Waals surface area (Å²) < 4.78 is 11.6. The SMILES string of the molecule is CCOc1cccc2c1CC(N(CC)CC)CO2. The van der Waals surface area contributed by atoms with Gasteiger partial charge in [-0.2, -0.15) is 0 Å². The Labute approximate surface area is 110 Å². The summed E-state index contributed by atoms with van der Waals surface area (Å²) in [6.45, 7) is 10.0. The van der Waals surface area contributed by atoms with E-state index in [9.17, 15) is 0 Å². The van der Waals surface area contributed by atoms with E-state index in [-0.39, 0.29) is 0 Å². The molecule has 100 valence electrons. The Morgan fingerprint density at radius 3 is 2.72 bits per heavy atom. The standard InChI is InChI=1S/C15H23NO2/c1-4-16(5-2)12-10-13-14(17-6-3)8-7-9-15(13)18-11-12/h7-9,12H,4-6,10-11H2,1-3H3. The molecular formula is C15H23NO2. The fourth-order valence-corrected chi connectivity index (χ4v) is 2.63. The van der Waals surface area contributed by atoms with Gasteiger partial charge in [0.1, 0.15) is 18.1 Å². The number of hydrogen-bond acceptors (Lipinski definition) is 3. The molecule has 3 heteroatoms. The highest BCUT2D eigenvalue weighted by Gasteiger charge is 2.26. The first-order valence-electron chi connectivity index (χ1n) is 6.91. The normalized spacial score (nSPS) is 18.3. The largest absolute Gasteiger partial charge is 0.493 e. The van der Waals surface area contributed by atoms with Crippen LogP contribution in [0, 0.1) is 0 Å². The summed E-state index contributed by atoms with van der Waals surface area (Å²) in [7, 11) is 0. The number of likely N-dealkylation sites (N-methyl/N-ethyl adjacent to an activating group) is 1. The van der Waals surface area contributed by atoms with E-state index in [4.69, 9.17) is 9.47 Å². The Bertz CT molecular complexity index is 388. The number of fused-ring (bicyclic) bond motifs is 1. The summed E-state index contributed by atoms with van der Waals surface area (Å²) in [5.41, 5.74) is 1.22. The van der Waals surface area contributed by atoms with E-state index in [0.29, 0.717) is 12.6 Å². The Balaban J connectivity index is 2.21. The third kappa shape index (κ3) is 2.61. The molecule has 1 aromatic carbocycles. The molecule has 0 N–H and O–H groups in total. The number of hydrogen-bond donors (Lipinski definition) is 0. The predicted octanol–water partition coefficient (Wildman–Crippen LogP) is 2.73. The van der Waals surface area contributed by atoms with Gasteiger partial charge in [-0.15, -0.1) is 0 Å². The van der Waals surface area contributed by atoms with Crippen molar-refractivity contribution in [2.45, 2.75) is 33.2 Å². The smallest absolute Gasteiger partial charge is 0.126 e. The Hall–Kier alpha value is -1.22. The van der Waals surface area contributed by atoms with E-state index in [1.165, 1.54) is 5.56 Å². The Morgan fingerprint density at radius 2 is 2.06 bits per heavy atom. The van der Waals surface area contributed by atoms with Crippen LogP contribution in [0.1, 0.15) is 26.3 Å². The molecule has 1 aliphatic rings. The lowest BCUT2D eigenvalue weighted by atomic mass is 10.0. The van der Waals surface area contributed by atoms with Crippen LogP contribution < -0.4 is 9.47 Å². The zero-order valence-electron chi connectivity index (χ0n) is 11.6. The van der Waals surface area contributed by atoms with Crippen LogP contribution >= 0.6 is 0 Å². The van der Waals surface area contributed by atoms with Gasteiger partial charge in [-0.1, -0.05) is 19.9 Å². The molecular weight excluding hydrogens is 226 g/mol. The van der Waals surface area contributed by atoms with E-state index < -0.39 is 0 Å². The molecule has 1 aromatic rings. The maximum Gasteiger partial charge on any atom is 0.126 e. The minimum absolute atomic E-state index is 0.467. The van der Waals surface area contributed by atoms with Gasteiger partial charge in [-0.05, 0) is 38.6 Å². The summed E-state index contributed by atoms with van der Waals surface area (Å²) in [5.74, 6) is 1.97. The molecule has 3 nitrogen and oxygen atoms in total. The molecule has 0 saturated carbocycles. The lowest BCUT2D eigenvalue weighted by Gasteiger charge is -2.34. The minimum Gasteiger partial charge on any atom is -0.493 e. The highest BCUT2D eigenvalue weighted by molar-refractivity contribution is 5.46. The van der Waals surface area contributed by atoms with E-state index in [0.717, 1.165) is 37.6 Å². The second-order valence-corrected chi connectivity index (χ2v) is 4.56. The van der Waals surface area contributed by atoms with Crippen molar-refractivity contribution in [3.05, 3.63) is 23.8 Å². The Morgan fingerprint density at radius 1 is 1.28 bits per heavy atom. The van der Waals surface area contributed by atoms with Crippen molar-refractivity contribution in [3.63, 3.8) is 0 Å². The summed E-state index contributed by atoms with van der Waals surface area (Å²) in [5, 5.41) is 0. The fraction of sp³-hybridized carbons (Fsp3) is 0.600. The molecule has 0 saturated heterocycles. The maximum absolute atomic E-state index is 5.89. The molecule has 0 aliphatic carbocycles. The zero-order chi connectivity index (χ0) is 13.0. The first kappa shape index (κ1) is 13.2. The highest BCUT2D eigenvalue weighted by Crippen LogP contribution is 2.33. The van der Waals surface area contributed by atoms with Crippen molar-refractivity contribution in [3.8, 4) is 11.5 Å². The lowest BCUT2D eigenvalue weighted by molar-refractivity contribution is 0.127. The van der Waals surface area contributed by atoms with Crippen LogP contribution in [0.25, 0.3) is 0 Å². The van der Waals surface area contributed by atoms with Crippen LogP contribution in [-0.2, 0) is 6.42 Å². The van der Waals surface area contributed by atoms with E-state index >= 15 is 0 Å². The van der Waals surface area contributed by atoms with Crippen molar-refractivity contribution in [1.82, 2.24) is 4.90 Å². The van der Waals surface area contributed by atoms with Crippen LogP contribution in [0.15, 0.2) is 18.2 Å².